The molecule has 3 heteroatoms. The molecule has 0 amide bonds. The van der Waals surface area contributed by atoms with Crippen molar-refractivity contribution in [1.29, 1.82) is 0 Å². The highest BCUT2D eigenvalue weighted by molar-refractivity contribution is 5.78. The number of rotatable bonds is 4. The van der Waals surface area contributed by atoms with Crippen LogP contribution in [0.15, 0.2) is 48.5 Å². The molecule has 0 spiro atoms. The predicted molar refractivity (Wildman–Crippen MR) is 79.5 cm³/mol. The van der Waals surface area contributed by atoms with Crippen LogP contribution < -0.4 is 5.32 Å². The standard InChI is InChI=1S/C16H17N3/c1-12-6-5-9-14-16(12)19-15(18-14)10-11-17-13-7-3-2-4-8-13/h2-9,17H,10-11H2,1H3,(H,18,19). The molecule has 0 aliphatic heterocycles. The summed E-state index contributed by atoms with van der Waals surface area (Å²) >= 11 is 0. The number of benzene rings is 2. The summed E-state index contributed by atoms with van der Waals surface area (Å²) in [6, 6.07) is 16.5. The Bertz CT molecular complexity index is 671. The van der Waals surface area contributed by atoms with Gasteiger partial charge in [-0.1, -0.05) is 30.3 Å². The van der Waals surface area contributed by atoms with E-state index in [0.29, 0.717) is 0 Å². The molecule has 0 saturated heterocycles. The topological polar surface area (TPSA) is 40.7 Å². The third-order valence-electron chi connectivity index (χ3n) is 3.23. The van der Waals surface area contributed by atoms with E-state index in [9.17, 15) is 0 Å². The molecule has 0 bridgehead atoms. The SMILES string of the molecule is Cc1cccc2[nH]c(CCNc3ccccc3)nc12. The predicted octanol–water partition coefficient (Wildman–Crippen LogP) is 3.53. The van der Waals surface area contributed by atoms with Crippen molar-refractivity contribution in [3.8, 4) is 0 Å². The molecule has 0 unspecified atom stereocenters. The number of imidazole rings is 1. The van der Waals surface area contributed by atoms with Gasteiger partial charge in [0.1, 0.15) is 5.82 Å². The fraction of sp³-hybridized carbons (Fsp3) is 0.188. The Morgan fingerprint density at radius 1 is 1.05 bits per heavy atom. The highest BCUT2D eigenvalue weighted by atomic mass is 14.9. The van der Waals surface area contributed by atoms with Gasteiger partial charge in [-0.25, -0.2) is 4.98 Å². The van der Waals surface area contributed by atoms with Crippen LogP contribution in [0.3, 0.4) is 0 Å². The normalized spacial score (nSPS) is 10.8. The highest BCUT2D eigenvalue weighted by Gasteiger charge is 2.04. The molecule has 0 aliphatic rings. The van der Waals surface area contributed by atoms with Crippen molar-refractivity contribution < 1.29 is 0 Å². The van der Waals surface area contributed by atoms with Gasteiger partial charge in [0.15, 0.2) is 0 Å². The van der Waals surface area contributed by atoms with E-state index >= 15 is 0 Å². The molecule has 0 atom stereocenters. The number of aromatic amines is 1. The fourth-order valence-electron chi connectivity index (χ4n) is 2.23. The van der Waals surface area contributed by atoms with Gasteiger partial charge in [0.25, 0.3) is 0 Å². The maximum Gasteiger partial charge on any atom is 0.109 e. The van der Waals surface area contributed by atoms with Gasteiger partial charge < -0.3 is 10.3 Å². The lowest BCUT2D eigenvalue weighted by atomic mass is 10.2. The van der Waals surface area contributed by atoms with Crippen molar-refractivity contribution >= 4 is 16.7 Å². The van der Waals surface area contributed by atoms with Crippen molar-refractivity contribution in [1.82, 2.24) is 9.97 Å². The summed E-state index contributed by atoms with van der Waals surface area (Å²) in [5.41, 5.74) is 4.57. The van der Waals surface area contributed by atoms with Gasteiger partial charge in [0, 0.05) is 18.7 Å². The van der Waals surface area contributed by atoms with Crippen molar-refractivity contribution in [3.63, 3.8) is 0 Å². The second-order valence-corrected chi connectivity index (χ2v) is 4.70. The highest BCUT2D eigenvalue weighted by Crippen LogP contribution is 2.15. The smallest absolute Gasteiger partial charge is 0.109 e. The molecule has 1 heterocycles. The Balaban J connectivity index is 1.67. The molecule has 1 aromatic heterocycles. The zero-order valence-electron chi connectivity index (χ0n) is 11.0. The fourth-order valence-corrected chi connectivity index (χ4v) is 2.23. The summed E-state index contributed by atoms with van der Waals surface area (Å²) in [4.78, 5) is 8.02. The van der Waals surface area contributed by atoms with E-state index in [4.69, 9.17) is 0 Å². The Labute approximate surface area is 112 Å². The van der Waals surface area contributed by atoms with Gasteiger partial charge in [-0.3, -0.25) is 0 Å². The van der Waals surface area contributed by atoms with Gasteiger partial charge in [0.2, 0.25) is 0 Å². The average Bonchev–Trinajstić information content (AvgIpc) is 2.84. The lowest BCUT2D eigenvalue weighted by molar-refractivity contribution is 0.934. The van der Waals surface area contributed by atoms with E-state index in [0.717, 1.165) is 35.5 Å². The molecule has 3 nitrogen and oxygen atoms in total. The number of fused-ring (bicyclic) bond motifs is 1. The van der Waals surface area contributed by atoms with E-state index in [-0.39, 0.29) is 0 Å². The second kappa shape index (κ2) is 5.14. The lowest BCUT2D eigenvalue weighted by Gasteiger charge is -2.03. The minimum Gasteiger partial charge on any atom is -0.385 e. The van der Waals surface area contributed by atoms with Crippen LogP contribution in [-0.2, 0) is 6.42 Å². The van der Waals surface area contributed by atoms with Gasteiger partial charge in [-0.15, -0.1) is 0 Å². The first-order valence-electron chi connectivity index (χ1n) is 6.56. The summed E-state index contributed by atoms with van der Waals surface area (Å²) in [6.45, 7) is 2.97. The Hall–Kier alpha value is -2.29. The lowest BCUT2D eigenvalue weighted by Crippen LogP contribution is -2.05. The molecule has 2 N–H and O–H groups in total. The average molecular weight is 251 g/mol. The first kappa shape index (κ1) is 11.8. The van der Waals surface area contributed by atoms with Crippen LogP contribution in [-0.4, -0.2) is 16.5 Å². The summed E-state index contributed by atoms with van der Waals surface area (Å²) in [6.07, 6.45) is 0.892. The molecule has 19 heavy (non-hydrogen) atoms. The molecule has 0 fully saturated rings. The number of hydrogen-bond donors (Lipinski definition) is 2. The largest absolute Gasteiger partial charge is 0.385 e. The number of para-hydroxylation sites is 2. The van der Waals surface area contributed by atoms with Crippen molar-refractivity contribution in [3.05, 3.63) is 59.9 Å². The first-order valence-corrected chi connectivity index (χ1v) is 6.56. The molecule has 0 saturated carbocycles. The molecule has 96 valence electrons. The van der Waals surface area contributed by atoms with Gasteiger partial charge in [-0.05, 0) is 30.7 Å². The summed E-state index contributed by atoms with van der Waals surface area (Å²) < 4.78 is 0. The Kier molecular flexibility index (Phi) is 3.19. The number of anilines is 1. The summed E-state index contributed by atoms with van der Waals surface area (Å²) in [7, 11) is 0. The monoisotopic (exact) mass is 251 g/mol. The molecule has 2 aromatic carbocycles. The summed E-state index contributed by atoms with van der Waals surface area (Å²) in [5, 5.41) is 3.39. The van der Waals surface area contributed by atoms with Crippen LogP contribution in [0.25, 0.3) is 11.0 Å². The number of aromatic nitrogens is 2. The van der Waals surface area contributed by atoms with Crippen molar-refractivity contribution in [2.75, 3.05) is 11.9 Å². The first-order chi connectivity index (χ1) is 9.33. The number of H-pyrrole nitrogens is 1. The quantitative estimate of drug-likeness (QED) is 0.744. The number of nitrogens with zero attached hydrogens (tertiary/aromatic N) is 1. The van der Waals surface area contributed by atoms with Crippen LogP contribution in [0.2, 0.25) is 0 Å². The molecular weight excluding hydrogens is 234 g/mol. The van der Waals surface area contributed by atoms with Crippen LogP contribution in [0, 0.1) is 6.92 Å². The molecule has 3 aromatic rings. The Morgan fingerprint density at radius 3 is 2.68 bits per heavy atom. The van der Waals surface area contributed by atoms with E-state index in [2.05, 4.69) is 52.5 Å². The zero-order valence-corrected chi connectivity index (χ0v) is 11.0. The minimum atomic E-state index is 0.878. The van der Waals surface area contributed by atoms with Gasteiger partial charge in [0.05, 0.1) is 11.0 Å². The maximum atomic E-state index is 4.65. The van der Waals surface area contributed by atoms with Crippen LogP contribution in [0.1, 0.15) is 11.4 Å². The van der Waals surface area contributed by atoms with Crippen molar-refractivity contribution in [2.45, 2.75) is 13.3 Å². The summed E-state index contributed by atoms with van der Waals surface area (Å²) in [5.74, 6) is 1.03. The number of aryl methyl sites for hydroxylation is 1. The van der Waals surface area contributed by atoms with E-state index in [1.54, 1.807) is 0 Å². The number of hydrogen-bond acceptors (Lipinski definition) is 2. The minimum absolute atomic E-state index is 0.878. The second-order valence-electron chi connectivity index (χ2n) is 4.70. The van der Waals surface area contributed by atoms with Crippen LogP contribution >= 0.6 is 0 Å². The number of nitrogens with one attached hydrogen (secondary N) is 2. The molecule has 3 rings (SSSR count). The van der Waals surface area contributed by atoms with Crippen LogP contribution in [0.4, 0.5) is 5.69 Å². The van der Waals surface area contributed by atoms with E-state index in [1.807, 2.05) is 18.2 Å². The third-order valence-corrected chi connectivity index (χ3v) is 3.23. The molecule has 0 radical (unpaired) electrons. The van der Waals surface area contributed by atoms with Gasteiger partial charge in [-0.2, -0.15) is 0 Å². The zero-order chi connectivity index (χ0) is 13.1. The molecular formula is C16H17N3. The maximum absolute atomic E-state index is 4.65. The van der Waals surface area contributed by atoms with E-state index in [1.165, 1.54) is 5.56 Å². The van der Waals surface area contributed by atoms with E-state index < -0.39 is 0 Å². The van der Waals surface area contributed by atoms with Gasteiger partial charge >= 0.3 is 0 Å². The Morgan fingerprint density at radius 2 is 1.89 bits per heavy atom. The van der Waals surface area contributed by atoms with Crippen LogP contribution in [0.5, 0.6) is 0 Å². The molecule has 0 aliphatic carbocycles. The van der Waals surface area contributed by atoms with Crippen molar-refractivity contribution in [2.24, 2.45) is 0 Å². The third kappa shape index (κ3) is 2.60.